The Balaban J connectivity index is 1.06. The molecule has 1 amide bonds. The van der Waals surface area contributed by atoms with Gasteiger partial charge in [-0.2, -0.15) is 0 Å². The fraction of sp³-hybridized carbons (Fsp3) is 0.387. The quantitative estimate of drug-likeness (QED) is 0.194. The van der Waals surface area contributed by atoms with Gasteiger partial charge in [-0.25, -0.2) is 9.97 Å². The van der Waals surface area contributed by atoms with E-state index >= 15 is 0 Å². The van der Waals surface area contributed by atoms with Gasteiger partial charge in [0.15, 0.2) is 5.16 Å². The van der Waals surface area contributed by atoms with Crippen LogP contribution in [-0.2, 0) is 11.2 Å². The van der Waals surface area contributed by atoms with E-state index in [9.17, 15) is 4.79 Å². The molecule has 3 heterocycles. The normalized spacial score (nSPS) is 17.2. The number of aromatic nitrogens is 2. The molecule has 0 spiro atoms. The highest BCUT2D eigenvalue weighted by atomic mass is 35.5. The van der Waals surface area contributed by atoms with Gasteiger partial charge in [0.05, 0.1) is 5.75 Å². The minimum Gasteiger partial charge on any atom is -0.356 e. The molecule has 0 N–H and O–H groups in total. The zero-order valence-corrected chi connectivity index (χ0v) is 23.9. The van der Waals surface area contributed by atoms with Gasteiger partial charge >= 0.3 is 0 Å². The molecule has 1 aromatic heterocycles. The highest BCUT2D eigenvalue weighted by Crippen LogP contribution is 2.28. The summed E-state index contributed by atoms with van der Waals surface area (Å²) in [6, 6.07) is 22.9. The predicted octanol–water partition coefficient (Wildman–Crippen LogP) is 5.54. The fourth-order valence-corrected chi connectivity index (χ4v) is 6.21. The first-order valence-electron chi connectivity index (χ1n) is 13.8. The Morgan fingerprint density at radius 1 is 0.923 bits per heavy atom. The maximum atomic E-state index is 12.9. The van der Waals surface area contributed by atoms with Crippen molar-refractivity contribution in [2.45, 2.75) is 24.4 Å². The Morgan fingerprint density at radius 2 is 1.62 bits per heavy atom. The number of carbonyl (C=O) groups excluding carboxylic acids is 1. The van der Waals surface area contributed by atoms with Gasteiger partial charge in [-0.1, -0.05) is 96.2 Å². The summed E-state index contributed by atoms with van der Waals surface area (Å²) in [5, 5.41) is 1.00. The van der Waals surface area contributed by atoms with Crippen molar-refractivity contribution in [1.82, 2.24) is 19.8 Å². The number of amides is 1. The second kappa shape index (κ2) is 14.0. The number of thioether (sulfide) groups is 1. The van der Waals surface area contributed by atoms with E-state index in [1.54, 1.807) is 0 Å². The molecule has 0 radical (unpaired) electrons. The standard InChI is InChI=1S/C31H36ClN5OS/c32-28-23-29(36-16-13-27(14-17-36)22-26-10-5-2-6-11-26)34-31(33-28)39-24-30(38)37-20-18-35(19-21-37)15-7-12-25-8-3-1-4-9-25/h1-12,23,27H,13-22,24H2/b12-7+. The lowest BCUT2D eigenvalue weighted by atomic mass is 9.90. The zero-order valence-electron chi connectivity index (χ0n) is 22.3. The third-order valence-corrected chi connectivity index (χ3v) is 8.52. The number of benzene rings is 2. The number of hydrogen-bond acceptors (Lipinski definition) is 6. The van der Waals surface area contributed by atoms with Crippen LogP contribution in [0, 0.1) is 5.92 Å². The van der Waals surface area contributed by atoms with Crippen LogP contribution in [0.4, 0.5) is 5.82 Å². The Labute approximate surface area is 241 Å². The number of hydrogen-bond donors (Lipinski definition) is 0. The third kappa shape index (κ3) is 8.31. The molecule has 6 nitrogen and oxygen atoms in total. The molecule has 2 fully saturated rings. The van der Waals surface area contributed by atoms with E-state index in [-0.39, 0.29) is 5.91 Å². The monoisotopic (exact) mass is 561 g/mol. The number of rotatable bonds is 9. The van der Waals surface area contributed by atoms with Crippen molar-refractivity contribution in [3.05, 3.63) is 89.1 Å². The van der Waals surface area contributed by atoms with Crippen molar-refractivity contribution in [2.75, 3.05) is 56.5 Å². The molecule has 0 saturated carbocycles. The molecule has 8 heteroatoms. The minimum atomic E-state index is 0.131. The van der Waals surface area contributed by atoms with Crippen LogP contribution in [0.2, 0.25) is 5.15 Å². The molecule has 0 bridgehead atoms. The van der Waals surface area contributed by atoms with Crippen molar-refractivity contribution in [3.63, 3.8) is 0 Å². The summed E-state index contributed by atoms with van der Waals surface area (Å²) in [4.78, 5) is 28.7. The first-order chi connectivity index (χ1) is 19.1. The smallest absolute Gasteiger partial charge is 0.233 e. The second-order valence-electron chi connectivity index (χ2n) is 10.2. The Bertz CT molecular complexity index is 1230. The van der Waals surface area contributed by atoms with Crippen LogP contribution in [0.5, 0.6) is 0 Å². The summed E-state index contributed by atoms with van der Waals surface area (Å²) in [6.45, 7) is 6.07. The molecule has 5 rings (SSSR count). The van der Waals surface area contributed by atoms with E-state index in [2.05, 4.69) is 69.4 Å². The molecule has 2 saturated heterocycles. The molecule has 0 aliphatic carbocycles. The van der Waals surface area contributed by atoms with Crippen LogP contribution in [-0.4, -0.2) is 77.2 Å². The molecular weight excluding hydrogens is 526 g/mol. The van der Waals surface area contributed by atoms with Crippen LogP contribution >= 0.6 is 23.4 Å². The van der Waals surface area contributed by atoms with E-state index in [0.717, 1.165) is 70.9 Å². The highest BCUT2D eigenvalue weighted by Gasteiger charge is 2.23. The Morgan fingerprint density at radius 3 is 2.33 bits per heavy atom. The zero-order chi connectivity index (χ0) is 26.9. The van der Waals surface area contributed by atoms with Crippen molar-refractivity contribution in [3.8, 4) is 0 Å². The summed E-state index contributed by atoms with van der Waals surface area (Å²) in [5.74, 6) is 2.01. The van der Waals surface area contributed by atoms with Crippen molar-refractivity contribution in [2.24, 2.45) is 5.92 Å². The number of carbonyl (C=O) groups is 1. The van der Waals surface area contributed by atoms with E-state index in [1.807, 2.05) is 29.2 Å². The van der Waals surface area contributed by atoms with Crippen molar-refractivity contribution in [1.29, 1.82) is 0 Å². The number of piperidine rings is 1. The summed E-state index contributed by atoms with van der Waals surface area (Å²) in [6.07, 6.45) is 7.74. The first-order valence-corrected chi connectivity index (χ1v) is 15.2. The van der Waals surface area contributed by atoms with Gasteiger partial charge in [0, 0.05) is 51.9 Å². The Hall–Kier alpha value is -2.87. The SMILES string of the molecule is O=C(CSc1nc(Cl)cc(N2CCC(Cc3ccccc3)CC2)n1)N1CCN(C/C=C/c2ccccc2)CC1. The van der Waals surface area contributed by atoms with Gasteiger partial charge in [-0.15, -0.1) is 0 Å². The third-order valence-electron chi connectivity index (χ3n) is 7.49. The lowest BCUT2D eigenvalue weighted by Gasteiger charge is -2.34. The second-order valence-corrected chi connectivity index (χ2v) is 11.6. The van der Waals surface area contributed by atoms with Crippen molar-refractivity contribution >= 4 is 41.2 Å². The van der Waals surface area contributed by atoms with Crippen LogP contribution in [0.25, 0.3) is 6.08 Å². The molecule has 0 atom stereocenters. The number of piperazine rings is 1. The molecular formula is C31H36ClN5OS. The van der Waals surface area contributed by atoms with Gasteiger partial charge in [0.1, 0.15) is 11.0 Å². The lowest BCUT2D eigenvalue weighted by Crippen LogP contribution is -2.49. The maximum absolute atomic E-state index is 12.9. The summed E-state index contributed by atoms with van der Waals surface area (Å²) >= 11 is 7.75. The summed E-state index contributed by atoms with van der Waals surface area (Å²) < 4.78 is 0. The van der Waals surface area contributed by atoms with Gasteiger partial charge in [0.2, 0.25) is 5.91 Å². The van der Waals surface area contributed by atoms with Crippen LogP contribution in [0.3, 0.4) is 0 Å². The van der Waals surface area contributed by atoms with Gasteiger partial charge in [-0.05, 0) is 36.3 Å². The maximum Gasteiger partial charge on any atom is 0.233 e. The number of halogens is 1. The van der Waals surface area contributed by atoms with E-state index in [4.69, 9.17) is 16.6 Å². The molecule has 2 aliphatic rings. The molecule has 2 aliphatic heterocycles. The van der Waals surface area contributed by atoms with E-state index in [0.29, 0.717) is 22.0 Å². The first kappa shape index (κ1) is 27.7. The largest absolute Gasteiger partial charge is 0.356 e. The molecule has 0 unspecified atom stereocenters. The molecule has 39 heavy (non-hydrogen) atoms. The predicted molar refractivity (Wildman–Crippen MR) is 161 cm³/mol. The highest BCUT2D eigenvalue weighted by molar-refractivity contribution is 7.99. The lowest BCUT2D eigenvalue weighted by molar-refractivity contribution is -0.130. The minimum absolute atomic E-state index is 0.131. The number of nitrogens with zero attached hydrogens (tertiary/aromatic N) is 5. The van der Waals surface area contributed by atoms with Crippen LogP contribution < -0.4 is 4.90 Å². The average Bonchev–Trinajstić information content (AvgIpc) is 2.97. The summed E-state index contributed by atoms with van der Waals surface area (Å²) in [5.41, 5.74) is 2.62. The van der Waals surface area contributed by atoms with Crippen LogP contribution in [0.1, 0.15) is 24.0 Å². The van der Waals surface area contributed by atoms with Crippen LogP contribution in [0.15, 0.2) is 78.0 Å². The van der Waals surface area contributed by atoms with Gasteiger partial charge < -0.3 is 9.80 Å². The van der Waals surface area contributed by atoms with E-state index in [1.165, 1.54) is 22.9 Å². The average molecular weight is 562 g/mol. The molecule has 2 aromatic carbocycles. The topological polar surface area (TPSA) is 52.6 Å². The molecule has 204 valence electrons. The van der Waals surface area contributed by atoms with Crippen molar-refractivity contribution < 1.29 is 4.79 Å². The van der Waals surface area contributed by atoms with Gasteiger partial charge in [0.25, 0.3) is 0 Å². The Kier molecular flexibility index (Phi) is 9.92. The van der Waals surface area contributed by atoms with Gasteiger partial charge in [-0.3, -0.25) is 9.69 Å². The molecule has 3 aromatic rings. The fourth-order valence-electron chi connectivity index (χ4n) is 5.23. The van der Waals surface area contributed by atoms with E-state index < -0.39 is 0 Å². The summed E-state index contributed by atoms with van der Waals surface area (Å²) in [7, 11) is 0. The number of anilines is 1.